The zero-order valence-corrected chi connectivity index (χ0v) is 18.7. The van der Waals surface area contributed by atoms with Gasteiger partial charge in [0, 0.05) is 30.3 Å². The number of rotatable bonds is 6. The molecule has 32 heavy (non-hydrogen) atoms. The van der Waals surface area contributed by atoms with Crippen molar-refractivity contribution in [1.82, 2.24) is 15.0 Å². The predicted molar refractivity (Wildman–Crippen MR) is 122 cm³/mol. The van der Waals surface area contributed by atoms with Crippen LogP contribution in [-0.4, -0.2) is 52.1 Å². The minimum Gasteiger partial charge on any atom is -0.435 e. The molecule has 1 saturated heterocycles. The van der Waals surface area contributed by atoms with Crippen LogP contribution in [0.3, 0.4) is 0 Å². The second-order valence-corrected chi connectivity index (χ2v) is 8.66. The molecular formula is C21H20ClF2N5O2S. The number of benzene rings is 2. The number of anilines is 2. The quantitative estimate of drug-likeness (QED) is 0.555. The average molecular weight is 480 g/mol. The van der Waals surface area contributed by atoms with Crippen LogP contribution in [0.25, 0.3) is 5.69 Å². The molecule has 3 aromatic rings. The number of aromatic nitrogens is 3. The summed E-state index contributed by atoms with van der Waals surface area (Å²) in [6, 6.07) is 11.3. The van der Waals surface area contributed by atoms with Crippen LogP contribution in [0.5, 0.6) is 5.75 Å². The Hall–Kier alpha value is -2.85. The fourth-order valence-corrected chi connectivity index (χ4v) is 4.59. The molecule has 2 heterocycles. The van der Waals surface area contributed by atoms with Gasteiger partial charge in [0.2, 0.25) is 0 Å². The predicted octanol–water partition coefficient (Wildman–Crippen LogP) is 4.64. The largest absolute Gasteiger partial charge is 0.435 e. The highest BCUT2D eigenvalue weighted by Crippen LogP contribution is 2.31. The Morgan fingerprint density at radius 3 is 2.56 bits per heavy atom. The van der Waals surface area contributed by atoms with Gasteiger partial charge in [-0.15, -0.1) is 5.10 Å². The summed E-state index contributed by atoms with van der Waals surface area (Å²) in [4.78, 5) is 15.0. The Morgan fingerprint density at radius 1 is 1.19 bits per heavy atom. The number of amides is 1. The van der Waals surface area contributed by atoms with Gasteiger partial charge in [0.25, 0.3) is 5.91 Å². The minimum absolute atomic E-state index is 0.0307. The van der Waals surface area contributed by atoms with Gasteiger partial charge in [0.15, 0.2) is 5.69 Å². The summed E-state index contributed by atoms with van der Waals surface area (Å²) in [6.45, 7) is 0.676. The molecule has 0 aliphatic carbocycles. The maximum Gasteiger partial charge on any atom is 0.387 e. The lowest BCUT2D eigenvalue weighted by atomic mass is 10.2. The summed E-state index contributed by atoms with van der Waals surface area (Å²) in [6.07, 6.45) is 0. The Labute approximate surface area is 192 Å². The van der Waals surface area contributed by atoms with Gasteiger partial charge in [-0.25, -0.2) is 4.68 Å². The maximum absolute atomic E-state index is 12.8. The average Bonchev–Trinajstić information content (AvgIpc) is 3.16. The van der Waals surface area contributed by atoms with Crippen molar-refractivity contribution >= 4 is 40.6 Å². The van der Waals surface area contributed by atoms with E-state index >= 15 is 0 Å². The second-order valence-electron chi connectivity index (χ2n) is 7.03. The standard InChI is InChI=1S/C21H20ClF2N5O2S/c1-13-19(26-27-29(13)15-3-5-16(6-4-15)31-21(23)24)20(30)25-14-2-7-18(17(22)12-14)28-8-10-32-11-9-28/h2-7,12,21H,8-11H2,1H3,(H,25,30). The zero-order chi connectivity index (χ0) is 22.7. The van der Waals surface area contributed by atoms with Crippen LogP contribution in [0.2, 0.25) is 5.02 Å². The number of nitrogens with one attached hydrogen (secondary N) is 1. The van der Waals surface area contributed by atoms with Gasteiger partial charge in [-0.2, -0.15) is 20.5 Å². The van der Waals surface area contributed by atoms with Gasteiger partial charge in [-0.3, -0.25) is 4.79 Å². The number of nitrogens with zero attached hydrogens (tertiary/aromatic N) is 4. The first-order valence-corrected chi connectivity index (χ1v) is 11.4. The first kappa shape index (κ1) is 22.3. The van der Waals surface area contributed by atoms with Crippen molar-refractivity contribution in [1.29, 1.82) is 0 Å². The molecule has 2 aromatic carbocycles. The van der Waals surface area contributed by atoms with E-state index in [1.54, 1.807) is 25.1 Å². The highest BCUT2D eigenvalue weighted by molar-refractivity contribution is 7.99. The van der Waals surface area contributed by atoms with E-state index in [4.69, 9.17) is 11.6 Å². The lowest BCUT2D eigenvalue weighted by Crippen LogP contribution is -2.32. The number of carbonyl (C=O) groups is 1. The minimum atomic E-state index is -2.90. The zero-order valence-electron chi connectivity index (χ0n) is 17.1. The number of hydrogen-bond donors (Lipinski definition) is 1. The second kappa shape index (κ2) is 9.74. The first-order valence-electron chi connectivity index (χ1n) is 9.83. The van der Waals surface area contributed by atoms with Gasteiger partial charge < -0.3 is 15.0 Å². The molecule has 1 N–H and O–H groups in total. The first-order chi connectivity index (χ1) is 15.4. The fourth-order valence-electron chi connectivity index (χ4n) is 3.39. The van der Waals surface area contributed by atoms with Crippen LogP contribution in [0.1, 0.15) is 16.2 Å². The van der Waals surface area contributed by atoms with Gasteiger partial charge >= 0.3 is 6.61 Å². The highest BCUT2D eigenvalue weighted by atomic mass is 35.5. The van der Waals surface area contributed by atoms with Crippen LogP contribution in [0.15, 0.2) is 42.5 Å². The number of halogens is 3. The molecule has 11 heteroatoms. The number of hydrogen-bond acceptors (Lipinski definition) is 6. The van der Waals surface area contributed by atoms with Crippen molar-refractivity contribution in [2.24, 2.45) is 0 Å². The van der Waals surface area contributed by atoms with Gasteiger partial charge in [-0.1, -0.05) is 16.8 Å². The normalized spacial score (nSPS) is 14.0. The Morgan fingerprint density at radius 2 is 1.91 bits per heavy atom. The Bertz CT molecular complexity index is 1100. The monoisotopic (exact) mass is 479 g/mol. The van der Waals surface area contributed by atoms with E-state index < -0.39 is 12.5 Å². The number of carbonyl (C=O) groups excluding carboxylic acids is 1. The number of thioether (sulfide) groups is 1. The highest BCUT2D eigenvalue weighted by Gasteiger charge is 2.19. The van der Waals surface area contributed by atoms with E-state index in [0.29, 0.717) is 22.1 Å². The van der Waals surface area contributed by atoms with Crippen LogP contribution >= 0.6 is 23.4 Å². The van der Waals surface area contributed by atoms with Gasteiger partial charge in [0.1, 0.15) is 5.75 Å². The molecule has 0 spiro atoms. The third kappa shape index (κ3) is 4.97. The molecule has 0 unspecified atom stereocenters. The number of alkyl halides is 2. The van der Waals surface area contributed by atoms with E-state index in [9.17, 15) is 13.6 Å². The van der Waals surface area contributed by atoms with E-state index in [2.05, 4.69) is 25.3 Å². The number of ether oxygens (including phenoxy) is 1. The van der Waals surface area contributed by atoms with Gasteiger partial charge in [0.05, 0.1) is 22.1 Å². The summed E-state index contributed by atoms with van der Waals surface area (Å²) in [7, 11) is 0. The van der Waals surface area contributed by atoms with Crippen LogP contribution in [0, 0.1) is 6.92 Å². The summed E-state index contributed by atoms with van der Waals surface area (Å²) >= 11 is 8.38. The maximum atomic E-state index is 12.8. The molecule has 1 amide bonds. The molecule has 1 aliphatic rings. The van der Waals surface area contributed by atoms with Crippen molar-refractivity contribution in [3.63, 3.8) is 0 Å². The Balaban J connectivity index is 1.47. The van der Waals surface area contributed by atoms with E-state index in [0.717, 1.165) is 30.3 Å². The molecule has 0 saturated carbocycles. The molecule has 1 aliphatic heterocycles. The topological polar surface area (TPSA) is 72.3 Å². The molecule has 4 rings (SSSR count). The summed E-state index contributed by atoms with van der Waals surface area (Å²) < 4.78 is 30.4. The van der Waals surface area contributed by atoms with Crippen molar-refractivity contribution in [3.8, 4) is 11.4 Å². The lowest BCUT2D eigenvalue weighted by Gasteiger charge is -2.29. The Kier molecular flexibility index (Phi) is 6.80. The van der Waals surface area contributed by atoms with Crippen molar-refractivity contribution in [2.75, 3.05) is 34.8 Å². The molecule has 168 valence electrons. The van der Waals surface area contributed by atoms with Crippen molar-refractivity contribution < 1.29 is 18.3 Å². The molecule has 7 nitrogen and oxygen atoms in total. The molecule has 0 radical (unpaired) electrons. The van der Waals surface area contributed by atoms with Crippen LogP contribution in [-0.2, 0) is 0 Å². The SMILES string of the molecule is Cc1c(C(=O)Nc2ccc(N3CCSCC3)c(Cl)c2)nnn1-c1ccc(OC(F)F)cc1. The van der Waals surface area contributed by atoms with Gasteiger partial charge in [-0.05, 0) is 49.4 Å². The third-order valence-corrected chi connectivity index (χ3v) is 6.22. The summed E-state index contributed by atoms with van der Waals surface area (Å²) in [5.74, 6) is 1.73. The molecule has 1 aromatic heterocycles. The van der Waals surface area contributed by atoms with E-state index in [1.807, 2.05) is 23.9 Å². The van der Waals surface area contributed by atoms with Crippen molar-refractivity contribution in [2.45, 2.75) is 13.5 Å². The third-order valence-electron chi connectivity index (χ3n) is 4.97. The molecule has 0 bridgehead atoms. The van der Waals surface area contributed by atoms with Crippen LogP contribution < -0.4 is 15.0 Å². The molecular weight excluding hydrogens is 460 g/mol. The van der Waals surface area contributed by atoms with Crippen LogP contribution in [0.4, 0.5) is 20.2 Å². The smallest absolute Gasteiger partial charge is 0.387 e. The fraction of sp³-hybridized carbons (Fsp3) is 0.286. The summed E-state index contributed by atoms with van der Waals surface area (Å²) in [5, 5.41) is 11.4. The molecule has 1 fully saturated rings. The molecule has 0 atom stereocenters. The van der Waals surface area contributed by atoms with E-state index in [-0.39, 0.29) is 11.4 Å². The lowest BCUT2D eigenvalue weighted by molar-refractivity contribution is -0.0498. The van der Waals surface area contributed by atoms with E-state index in [1.165, 1.54) is 16.8 Å². The summed E-state index contributed by atoms with van der Waals surface area (Å²) in [5.41, 5.74) is 2.71. The van der Waals surface area contributed by atoms with Crippen molar-refractivity contribution in [3.05, 3.63) is 58.9 Å².